The van der Waals surface area contributed by atoms with E-state index < -0.39 is 0 Å². The molecule has 312 valence electrons. The minimum absolute atomic E-state index is 0.0778. The van der Waals surface area contributed by atoms with Crippen molar-refractivity contribution in [3.8, 4) is 56.0 Å². The smallest absolute Gasteiger partial charge is 0.159 e. The Balaban J connectivity index is 0.982. The molecule has 2 nitrogen and oxygen atoms in total. The summed E-state index contributed by atoms with van der Waals surface area (Å²) in [6.07, 6.45) is 0.837. The molecule has 11 aromatic rings. The Kier molecular flexibility index (Phi) is 10.0. The number of fused-ring (bicyclic) bond motifs is 3. The van der Waals surface area contributed by atoms with E-state index >= 15 is 0 Å². The van der Waals surface area contributed by atoms with E-state index in [4.69, 9.17) is 4.74 Å². The van der Waals surface area contributed by atoms with Crippen LogP contribution in [0.5, 0.6) is 11.5 Å². The molecule has 2 heteroatoms. The lowest BCUT2D eigenvalue weighted by Gasteiger charge is -2.32. The van der Waals surface area contributed by atoms with E-state index in [9.17, 15) is 0 Å². The lowest BCUT2D eigenvalue weighted by Crippen LogP contribution is -2.13. The Morgan fingerprint density at radius 3 is 1.56 bits per heavy atom. The van der Waals surface area contributed by atoms with Gasteiger partial charge in [-0.15, -0.1) is 0 Å². The maximum absolute atomic E-state index is 7.39. The van der Waals surface area contributed by atoms with Crippen LogP contribution in [-0.4, -0.2) is 0 Å². The summed E-state index contributed by atoms with van der Waals surface area (Å²) in [6.45, 7) is 0. The summed E-state index contributed by atoms with van der Waals surface area (Å²) < 4.78 is 7.39. The van der Waals surface area contributed by atoms with Crippen LogP contribution in [0.4, 0.5) is 17.1 Å². The second-order valence-electron chi connectivity index (χ2n) is 17.2. The van der Waals surface area contributed by atoms with Crippen LogP contribution in [0.25, 0.3) is 66.1 Å². The molecule has 0 spiro atoms. The van der Waals surface area contributed by atoms with Crippen LogP contribution < -0.4 is 9.64 Å². The summed E-state index contributed by atoms with van der Waals surface area (Å²) in [6, 6.07) is 92.2. The maximum atomic E-state index is 7.39. The van der Waals surface area contributed by atoms with Crippen molar-refractivity contribution in [3.05, 3.63) is 271 Å². The summed E-state index contributed by atoms with van der Waals surface area (Å²) >= 11 is 0. The number of nitrogens with zero attached hydrogens (tertiary/aromatic N) is 1. The Morgan fingerprint density at radius 2 is 0.894 bits per heavy atom. The van der Waals surface area contributed by atoms with Crippen LogP contribution in [0.1, 0.15) is 22.6 Å². The van der Waals surface area contributed by atoms with E-state index in [-0.39, 0.29) is 5.92 Å². The molecule has 0 saturated carbocycles. The molecule has 0 fully saturated rings. The third-order valence-electron chi connectivity index (χ3n) is 13.3. The van der Waals surface area contributed by atoms with Gasteiger partial charge < -0.3 is 9.64 Å². The first-order valence-corrected chi connectivity index (χ1v) is 22.8. The molecule has 0 N–H and O–H groups in total. The van der Waals surface area contributed by atoms with Crippen LogP contribution in [0.15, 0.2) is 255 Å². The van der Waals surface area contributed by atoms with Crippen molar-refractivity contribution < 1.29 is 4.74 Å². The minimum atomic E-state index is 0.0778. The molecule has 0 saturated heterocycles. The molecule has 0 bridgehead atoms. The summed E-state index contributed by atoms with van der Waals surface area (Å²) in [4.78, 5) is 2.38. The number of benzene rings is 11. The van der Waals surface area contributed by atoms with Crippen LogP contribution in [0, 0.1) is 0 Å². The highest BCUT2D eigenvalue weighted by atomic mass is 16.5. The highest BCUT2D eigenvalue weighted by Gasteiger charge is 2.28. The molecular formula is C64H45NO. The fourth-order valence-electron chi connectivity index (χ4n) is 9.92. The molecule has 11 aromatic carbocycles. The molecule has 66 heavy (non-hydrogen) atoms. The van der Waals surface area contributed by atoms with Gasteiger partial charge >= 0.3 is 0 Å². The molecule has 0 aromatic heterocycles. The lowest BCUT2D eigenvalue weighted by atomic mass is 9.83. The standard InChI is InChI=1S/C64H45NO/c1-4-14-45(15-5-1)48-28-26-44(27-29-48)42-59(52-32-30-49(31-33-52)46-16-6-2-7-17-46)54-36-40-57-58-24-12-22-53-37-41-61(64(63(53)58)66-62(57)43-54)65(60-25-13-21-51-20-10-11-23-56(51)60)55-38-34-50(35-39-55)47-18-8-3-9-19-47/h1-41,43,59H,42H2. The first-order chi connectivity index (χ1) is 32.7. The predicted octanol–water partition coefficient (Wildman–Crippen LogP) is 17.6. The highest BCUT2D eigenvalue weighted by Crippen LogP contribution is 2.54. The molecule has 1 aliphatic rings. The Hall–Kier alpha value is -8.46. The fourth-order valence-corrected chi connectivity index (χ4v) is 9.92. The van der Waals surface area contributed by atoms with Crippen molar-refractivity contribution in [3.63, 3.8) is 0 Å². The number of hydrogen-bond donors (Lipinski definition) is 0. The van der Waals surface area contributed by atoms with Crippen molar-refractivity contribution >= 4 is 38.6 Å². The van der Waals surface area contributed by atoms with E-state index in [0.29, 0.717) is 0 Å². The topological polar surface area (TPSA) is 12.5 Å². The third kappa shape index (κ3) is 7.29. The molecule has 1 aliphatic heterocycles. The number of anilines is 3. The molecule has 1 atom stereocenters. The van der Waals surface area contributed by atoms with Gasteiger partial charge in [0.1, 0.15) is 5.75 Å². The highest BCUT2D eigenvalue weighted by molar-refractivity contribution is 6.09. The Bertz CT molecular complexity index is 3490. The summed E-state index contributed by atoms with van der Waals surface area (Å²) in [5, 5.41) is 4.62. The molecule has 1 heterocycles. The molecule has 0 amide bonds. The molecular weight excluding hydrogens is 799 g/mol. The van der Waals surface area contributed by atoms with Crippen molar-refractivity contribution in [2.24, 2.45) is 0 Å². The van der Waals surface area contributed by atoms with E-state index in [1.807, 2.05) is 0 Å². The summed E-state index contributed by atoms with van der Waals surface area (Å²) in [7, 11) is 0. The van der Waals surface area contributed by atoms with Gasteiger partial charge in [0.2, 0.25) is 0 Å². The quantitative estimate of drug-likeness (QED) is 0.136. The molecule has 12 rings (SSSR count). The largest absolute Gasteiger partial charge is 0.454 e. The Morgan fingerprint density at radius 1 is 0.364 bits per heavy atom. The number of ether oxygens (including phenoxy) is 1. The van der Waals surface area contributed by atoms with Crippen molar-refractivity contribution in [1.82, 2.24) is 0 Å². The van der Waals surface area contributed by atoms with Crippen molar-refractivity contribution in [2.75, 3.05) is 4.90 Å². The van der Waals surface area contributed by atoms with Gasteiger partial charge in [0.25, 0.3) is 0 Å². The molecule has 0 radical (unpaired) electrons. The zero-order valence-corrected chi connectivity index (χ0v) is 36.4. The predicted molar refractivity (Wildman–Crippen MR) is 276 cm³/mol. The first-order valence-electron chi connectivity index (χ1n) is 22.8. The van der Waals surface area contributed by atoms with E-state index in [1.54, 1.807) is 0 Å². The number of rotatable bonds is 10. The second-order valence-corrected chi connectivity index (χ2v) is 17.2. The van der Waals surface area contributed by atoms with Gasteiger partial charge in [-0.3, -0.25) is 0 Å². The van der Waals surface area contributed by atoms with E-state index in [0.717, 1.165) is 51.3 Å². The third-order valence-corrected chi connectivity index (χ3v) is 13.3. The van der Waals surface area contributed by atoms with Gasteiger partial charge in [-0.1, -0.05) is 224 Å². The van der Waals surface area contributed by atoms with Crippen LogP contribution >= 0.6 is 0 Å². The summed E-state index contributed by atoms with van der Waals surface area (Å²) in [5.74, 6) is 1.80. The molecule has 1 unspecified atom stereocenters. The fraction of sp³-hybridized carbons (Fsp3) is 0.0312. The normalized spacial score (nSPS) is 12.1. The van der Waals surface area contributed by atoms with Gasteiger partial charge in [-0.05, 0) is 103 Å². The summed E-state index contributed by atoms with van der Waals surface area (Å²) in [5.41, 5.74) is 16.4. The van der Waals surface area contributed by atoms with Crippen LogP contribution in [0.3, 0.4) is 0 Å². The first kappa shape index (κ1) is 39.2. The Labute approximate surface area is 386 Å². The van der Waals surface area contributed by atoms with Crippen molar-refractivity contribution in [2.45, 2.75) is 12.3 Å². The van der Waals surface area contributed by atoms with Gasteiger partial charge in [0.15, 0.2) is 5.75 Å². The zero-order valence-electron chi connectivity index (χ0n) is 36.4. The van der Waals surface area contributed by atoms with E-state index in [1.165, 1.54) is 66.4 Å². The number of hydrogen-bond acceptors (Lipinski definition) is 2. The SMILES string of the molecule is c1ccc(-c2ccc(CC(c3ccc(-c4ccccc4)cc3)c3ccc4c(c3)Oc3c(N(c5ccc(-c6ccccc6)cc5)c5cccc6ccccc56)ccc5cccc-4c35)cc2)cc1. The zero-order chi connectivity index (χ0) is 43.8. The lowest BCUT2D eigenvalue weighted by molar-refractivity contribution is 0.487. The van der Waals surface area contributed by atoms with Crippen LogP contribution in [0.2, 0.25) is 0 Å². The average molecular weight is 844 g/mol. The van der Waals surface area contributed by atoms with Crippen molar-refractivity contribution in [1.29, 1.82) is 0 Å². The van der Waals surface area contributed by atoms with Gasteiger partial charge in [-0.2, -0.15) is 0 Å². The average Bonchev–Trinajstić information content (AvgIpc) is 3.40. The van der Waals surface area contributed by atoms with Gasteiger partial charge in [0, 0.05) is 27.9 Å². The maximum Gasteiger partial charge on any atom is 0.159 e. The van der Waals surface area contributed by atoms with E-state index in [2.05, 4.69) is 260 Å². The minimum Gasteiger partial charge on any atom is -0.454 e. The van der Waals surface area contributed by atoms with Gasteiger partial charge in [-0.25, -0.2) is 0 Å². The second kappa shape index (κ2) is 16.9. The molecule has 0 aliphatic carbocycles. The monoisotopic (exact) mass is 843 g/mol. The van der Waals surface area contributed by atoms with Gasteiger partial charge in [0.05, 0.1) is 11.4 Å². The van der Waals surface area contributed by atoms with Crippen LogP contribution in [-0.2, 0) is 6.42 Å².